The number of amides is 1. The van der Waals surface area contributed by atoms with Gasteiger partial charge >= 0.3 is 0 Å². The Labute approximate surface area is 128 Å². The van der Waals surface area contributed by atoms with Gasteiger partial charge < -0.3 is 5.11 Å². The number of aliphatic hydroxyl groups is 1. The van der Waals surface area contributed by atoms with Gasteiger partial charge in [-0.3, -0.25) is 14.9 Å². The number of hydrogen-bond acceptors (Lipinski definition) is 5. The summed E-state index contributed by atoms with van der Waals surface area (Å²) in [6, 6.07) is 6.13. The highest BCUT2D eigenvalue weighted by molar-refractivity contribution is 5.86. The fraction of sp³-hybridized carbons (Fsp3) is 0.467. The molecule has 0 unspecified atom stereocenters. The second-order valence-corrected chi connectivity index (χ2v) is 5.57. The summed E-state index contributed by atoms with van der Waals surface area (Å²) in [6.45, 7) is 0. The lowest BCUT2D eigenvalue weighted by Gasteiger charge is -2.30. The molecular weight excluding hydrogens is 286 g/mol. The third kappa shape index (κ3) is 4.36. The lowest BCUT2D eigenvalue weighted by atomic mass is 9.82. The molecule has 2 rings (SSSR count). The van der Waals surface area contributed by atoms with Crippen LogP contribution < -0.4 is 5.43 Å². The molecule has 0 aliphatic heterocycles. The Kier molecular flexibility index (Phi) is 5.21. The van der Waals surface area contributed by atoms with Crippen LogP contribution in [0.4, 0.5) is 5.69 Å². The second-order valence-electron chi connectivity index (χ2n) is 5.57. The van der Waals surface area contributed by atoms with Crippen molar-refractivity contribution in [3.05, 3.63) is 39.9 Å². The number of hydrogen-bond donors (Lipinski definition) is 2. The van der Waals surface area contributed by atoms with Crippen molar-refractivity contribution in [2.45, 2.75) is 44.1 Å². The van der Waals surface area contributed by atoms with Gasteiger partial charge in [-0.25, -0.2) is 5.43 Å². The van der Waals surface area contributed by atoms with Crippen LogP contribution in [0, 0.1) is 10.1 Å². The van der Waals surface area contributed by atoms with Crippen molar-refractivity contribution in [3.8, 4) is 0 Å². The monoisotopic (exact) mass is 305 g/mol. The molecule has 0 heterocycles. The number of nitrogens with one attached hydrogen (secondary N) is 1. The van der Waals surface area contributed by atoms with E-state index >= 15 is 0 Å². The molecule has 1 aliphatic rings. The van der Waals surface area contributed by atoms with E-state index in [-0.39, 0.29) is 18.0 Å². The van der Waals surface area contributed by atoms with E-state index in [0.717, 1.165) is 19.3 Å². The zero-order chi connectivity index (χ0) is 16.0. The number of nitro groups is 1. The molecule has 118 valence electrons. The number of rotatable bonds is 5. The Hall–Kier alpha value is -2.28. The Balaban J connectivity index is 1.92. The molecule has 0 atom stereocenters. The number of para-hydroxylation sites is 1. The van der Waals surface area contributed by atoms with Crippen LogP contribution in [0.15, 0.2) is 29.4 Å². The van der Waals surface area contributed by atoms with Gasteiger partial charge in [-0.2, -0.15) is 5.10 Å². The molecular formula is C15H19N3O4. The predicted octanol–water partition coefficient (Wildman–Crippen LogP) is 2.13. The van der Waals surface area contributed by atoms with Crippen molar-refractivity contribution >= 4 is 17.8 Å². The molecule has 1 aromatic rings. The highest BCUT2D eigenvalue weighted by Crippen LogP contribution is 2.30. The molecule has 1 aromatic carbocycles. The summed E-state index contributed by atoms with van der Waals surface area (Å²) in [5.41, 5.74) is 1.60. The molecule has 1 aliphatic carbocycles. The van der Waals surface area contributed by atoms with Crippen LogP contribution in [0.25, 0.3) is 0 Å². The molecule has 0 saturated heterocycles. The average Bonchev–Trinajstić information content (AvgIpc) is 2.47. The van der Waals surface area contributed by atoms with Crippen LogP contribution in [0.3, 0.4) is 0 Å². The van der Waals surface area contributed by atoms with Crippen LogP contribution in [-0.2, 0) is 4.79 Å². The van der Waals surface area contributed by atoms with Gasteiger partial charge in [0.25, 0.3) is 5.69 Å². The third-order valence-corrected chi connectivity index (χ3v) is 3.80. The van der Waals surface area contributed by atoms with E-state index in [4.69, 9.17) is 0 Å². The van der Waals surface area contributed by atoms with Crippen molar-refractivity contribution in [1.82, 2.24) is 5.43 Å². The summed E-state index contributed by atoms with van der Waals surface area (Å²) in [5, 5.41) is 24.9. The van der Waals surface area contributed by atoms with E-state index in [1.54, 1.807) is 18.2 Å². The number of hydrazone groups is 1. The van der Waals surface area contributed by atoms with Crippen molar-refractivity contribution in [3.63, 3.8) is 0 Å². The summed E-state index contributed by atoms with van der Waals surface area (Å²) in [7, 11) is 0. The summed E-state index contributed by atoms with van der Waals surface area (Å²) >= 11 is 0. The summed E-state index contributed by atoms with van der Waals surface area (Å²) in [6.07, 6.45) is 5.40. The first kappa shape index (κ1) is 16.1. The van der Waals surface area contributed by atoms with E-state index in [0.29, 0.717) is 18.4 Å². The maximum Gasteiger partial charge on any atom is 0.278 e. The molecule has 0 bridgehead atoms. The minimum atomic E-state index is -0.948. The maximum absolute atomic E-state index is 11.8. The van der Waals surface area contributed by atoms with Crippen molar-refractivity contribution in [2.24, 2.45) is 5.10 Å². The number of benzene rings is 1. The first-order valence-corrected chi connectivity index (χ1v) is 7.28. The summed E-state index contributed by atoms with van der Waals surface area (Å²) in [5.74, 6) is -0.390. The molecule has 7 heteroatoms. The molecule has 2 N–H and O–H groups in total. The van der Waals surface area contributed by atoms with Gasteiger partial charge in [0.15, 0.2) is 0 Å². The van der Waals surface area contributed by atoms with E-state index in [9.17, 15) is 20.0 Å². The summed E-state index contributed by atoms with van der Waals surface area (Å²) < 4.78 is 0. The number of nitrogens with zero attached hydrogens (tertiary/aromatic N) is 2. The Morgan fingerprint density at radius 3 is 2.73 bits per heavy atom. The van der Waals surface area contributed by atoms with Crippen molar-refractivity contribution in [1.29, 1.82) is 0 Å². The Morgan fingerprint density at radius 1 is 1.36 bits per heavy atom. The van der Waals surface area contributed by atoms with E-state index < -0.39 is 10.5 Å². The largest absolute Gasteiger partial charge is 0.389 e. The van der Waals surface area contributed by atoms with Crippen LogP contribution in [0.2, 0.25) is 0 Å². The Morgan fingerprint density at radius 2 is 2.05 bits per heavy atom. The minimum Gasteiger partial charge on any atom is -0.389 e. The first-order chi connectivity index (χ1) is 10.5. The maximum atomic E-state index is 11.8. The number of carbonyl (C=O) groups excluding carboxylic acids is 1. The van der Waals surface area contributed by atoms with Gasteiger partial charge in [0, 0.05) is 6.07 Å². The van der Waals surface area contributed by atoms with Crippen LogP contribution >= 0.6 is 0 Å². The lowest BCUT2D eigenvalue weighted by molar-refractivity contribution is -0.385. The first-order valence-electron chi connectivity index (χ1n) is 7.28. The number of carbonyl (C=O) groups is 1. The van der Waals surface area contributed by atoms with Gasteiger partial charge in [-0.1, -0.05) is 31.4 Å². The van der Waals surface area contributed by atoms with Gasteiger partial charge in [-0.15, -0.1) is 0 Å². The normalized spacial score (nSPS) is 17.3. The van der Waals surface area contributed by atoms with Crippen molar-refractivity contribution in [2.75, 3.05) is 0 Å². The molecule has 22 heavy (non-hydrogen) atoms. The molecule has 1 saturated carbocycles. The highest BCUT2D eigenvalue weighted by Gasteiger charge is 2.31. The molecule has 1 fully saturated rings. The third-order valence-electron chi connectivity index (χ3n) is 3.80. The fourth-order valence-corrected chi connectivity index (χ4v) is 2.66. The smallest absolute Gasteiger partial charge is 0.278 e. The molecule has 1 amide bonds. The highest BCUT2D eigenvalue weighted by atomic mass is 16.6. The average molecular weight is 305 g/mol. The molecule has 0 aromatic heterocycles. The molecule has 0 radical (unpaired) electrons. The van der Waals surface area contributed by atoms with Crippen molar-refractivity contribution < 1.29 is 14.8 Å². The zero-order valence-corrected chi connectivity index (χ0v) is 12.2. The van der Waals surface area contributed by atoms with Gasteiger partial charge in [0.2, 0.25) is 5.91 Å². The van der Waals surface area contributed by atoms with E-state index in [2.05, 4.69) is 10.5 Å². The van der Waals surface area contributed by atoms with Gasteiger partial charge in [0.1, 0.15) is 0 Å². The van der Waals surface area contributed by atoms with Gasteiger partial charge in [0.05, 0.1) is 28.7 Å². The Bertz CT molecular complexity index is 580. The number of nitro benzene ring substituents is 1. The van der Waals surface area contributed by atoms with E-state index in [1.807, 2.05) is 0 Å². The second kappa shape index (κ2) is 7.13. The van der Waals surface area contributed by atoms with Gasteiger partial charge in [-0.05, 0) is 18.9 Å². The summed E-state index contributed by atoms with van der Waals surface area (Å²) in [4.78, 5) is 22.1. The predicted molar refractivity (Wildman–Crippen MR) is 81.5 cm³/mol. The van der Waals surface area contributed by atoms with Crippen LogP contribution in [0.5, 0.6) is 0 Å². The van der Waals surface area contributed by atoms with Crippen LogP contribution in [-0.4, -0.2) is 27.8 Å². The lowest BCUT2D eigenvalue weighted by Crippen LogP contribution is -2.37. The van der Waals surface area contributed by atoms with E-state index in [1.165, 1.54) is 12.3 Å². The molecule has 7 nitrogen and oxygen atoms in total. The quantitative estimate of drug-likeness (QED) is 0.494. The fourth-order valence-electron chi connectivity index (χ4n) is 2.66. The standard InChI is InChI=1S/C15H19N3O4/c19-14(10-15(20)8-4-1-5-9-15)17-16-11-12-6-2-3-7-13(12)18(21)22/h2-3,6-7,11,20H,1,4-5,8-10H2,(H,17,19)/b16-11-. The SMILES string of the molecule is O=C(CC1(O)CCCCC1)N/N=C\c1ccccc1[N+](=O)[O-]. The van der Waals surface area contributed by atoms with Crippen LogP contribution in [0.1, 0.15) is 44.1 Å². The zero-order valence-electron chi connectivity index (χ0n) is 12.2. The molecule has 0 spiro atoms. The minimum absolute atomic E-state index is 0.00121. The topological polar surface area (TPSA) is 105 Å².